The molecule has 0 unspecified atom stereocenters. The Balaban J connectivity index is 1.71. The van der Waals surface area contributed by atoms with Crippen molar-refractivity contribution in [3.63, 3.8) is 0 Å². The highest BCUT2D eigenvalue weighted by molar-refractivity contribution is 8.33. The number of carbonyl (C=O) groups is 2. The molecule has 1 saturated heterocycles. The third-order valence-electron chi connectivity index (χ3n) is 4.38. The van der Waals surface area contributed by atoms with Crippen LogP contribution in [0.2, 0.25) is 0 Å². The van der Waals surface area contributed by atoms with E-state index in [0.29, 0.717) is 28.7 Å². The van der Waals surface area contributed by atoms with Gasteiger partial charge >= 0.3 is 5.97 Å². The molecule has 0 saturated carbocycles. The van der Waals surface area contributed by atoms with Crippen molar-refractivity contribution in [3.05, 3.63) is 53.4 Å². The fourth-order valence-corrected chi connectivity index (χ4v) is 4.13. The molecular weight excluding hydrogens is 394 g/mol. The summed E-state index contributed by atoms with van der Waals surface area (Å²) in [6, 6.07) is 11.8. The van der Waals surface area contributed by atoms with Crippen LogP contribution in [0.1, 0.15) is 37.0 Å². The third-order valence-corrected chi connectivity index (χ3v) is 5.64. The second kappa shape index (κ2) is 9.21. The highest BCUT2D eigenvalue weighted by atomic mass is 32.2. The summed E-state index contributed by atoms with van der Waals surface area (Å²) in [4.78, 5) is 24.8. The van der Waals surface area contributed by atoms with E-state index in [4.69, 9.17) is 21.7 Å². The number of thiocarbonyl (C=S) groups is 1. The van der Waals surface area contributed by atoms with Crippen LogP contribution in [0.5, 0.6) is 0 Å². The van der Waals surface area contributed by atoms with Gasteiger partial charge in [-0.3, -0.25) is 9.59 Å². The van der Waals surface area contributed by atoms with Gasteiger partial charge in [-0.2, -0.15) is 0 Å². The lowest BCUT2D eigenvalue weighted by molar-refractivity contribution is -0.137. The molecule has 0 radical (unpaired) electrons. The maximum absolute atomic E-state index is 12.3. The van der Waals surface area contributed by atoms with Gasteiger partial charge in [0.1, 0.15) is 21.5 Å². The van der Waals surface area contributed by atoms with Gasteiger partial charge in [0.25, 0.3) is 0 Å². The molecule has 0 bridgehead atoms. The highest BCUT2D eigenvalue weighted by Gasteiger charge is 2.31. The first kappa shape index (κ1) is 20.4. The lowest BCUT2D eigenvalue weighted by atomic mass is 10.1. The summed E-state index contributed by atoms with van der Waals surface area (Å²) in [5.41, 5.74) is 2.65. The Morgan fingerprint density at radius 2 is 2.07 bits per heavy atom. The van der Waals surface area contributed by atoms with E-state index in [1.807, 2.05) is 48.2 Å². The first-order chi connectivity index (χ1) is 13.4. The number of unbranched alkanes of at least 4 members (excludes halogenated alkanes) is 2. The Labute approximate surface area is 173 Å². The average Bonchev–Trinajstić information content (AvgIpc) is 3.21. The fraction of sp³-hybridized carbons (Fsp3) is 0.286. The van der Waals surface area contributed by atoms with E-state index in [-0.39, 0.29) is 11.5 Å². The van der Waals surface area contributed by atoms with Gasteiger partial charge in [-0.15, -0.1) is 0 Å². The van der Waals surface area contributed by atoms with Gasteiger partial charge in [-0.1, -0.05) is 42.4 Å². The number of hydrogen-bond donors (Lipinski definition) is 1. The van der Waals surface area contributed by atoms with Crippen molar-refractivity contribution in [3.8, 4) is 11.3 Å². The SMILES string of the molecule is Cc1cccc(-c2ccc(C=C3C(=O)SC(=S)N3CCCCCC(=O)O)o2)c1. The number of rotatable bonds is 8. The molecule has 5 nitrogen and oxygen atoms in total. The van der Waals surface area contributed by atoms with Crippen LogP contribution in [0.25, 0.3) is 17.4 Å². The molecule has 0 aliphatic carbocycles. The first-order valence-electron chi connectivity index (χ1n) is 9.08. The van der Waals surface area contributed by atoms with Crippen molar-refractivity contribution in [2.45, 2.75) is 32.6 Å². The van der Waals surface area contributed by atoms with E-state index in [2.05, 4.69) is 0 Å². The van der Waals surface area contributed by atoms with Crippen LogP contribution in [0.3, 0.4) is 0 Å². The number of thioether (sulfide) groups is 1. The van der Waals surface area contributed by atoms with Gasteiger partial charge in [0, 0.05) is 24.6 Å². The molecule has 7 heteroatoms. The minimum Gasteiger partial charge on any atom is -0.481 e. The smallest absolute Gasteiger partial charge is 0.303 e. The number of aryl methyl sites for hydroxylation is 1. The lowest BCUT2D eigenvalue weighted by Crippen LogP contribution is -2.23. The minimum atomic E-state index is -0.787. The average molecular weight is 416 g/mol. The van der Waals surface area contributed by atoms with E-state index in [1.165, 1.54) is 0 Å². The zero-order valence-electron chi connectivity index (χ0n) is 15.5. The maximum atomic E-state index is 12.3. The quantitative estimate of drug-likeness (QED) is 0.365. The second-order valence-corrected chi connectivity index (χ2v) is 8.22. The minimum absolute atomic E-state index is 0.0935. The Kier molecular flexibility index (Phi) is 6.70. The van der Waals surface area contributed by atoms with Gasteiger partial charge in [0.05, 0.1) is 0 Å². The number of aliphatic carboxylic acids is 1. The normalized spacial score (nSPS) is 15.6. The van der Waals surface area contributed by atoms with Gasteiger partial charge in [-0.25, -0.2) is 0 Å². The number of carbonyl (C=O) groups excluding carboxylic acids is 1. The Hall–Kier alpha value is -2.38. The molecule has 146 valence electrons. The molecule has 1 fully saturated rings. The van der Waals surface area contributed by atoms with Gasteiger partial charge in [0.15, 0.2) is 0 Å². The van der Waals surface area contributed by atoms with Crippen LogP contribution < -0.4 is 0 Å². The van der Waals surface area contributed by atoms with E-state index in [9.17, 15) is 9.59 Å². The maximum Gasteiger partial charge on any atom is 0.303 e. The Morgan fingerprint density at radius 3 is 2.82 bits per heavy atom. The second-order valence-electron chi connectivity index (χ2n) is 6.61. The van der Waals surface area contributed by atoms with Crippen LogP contribution >= 0.6 is 24.0 Å². The molecule has 1 N–H and O–H groups in total. The molecule has 0 spiro atoms. The van der Waals surface area contributed by atoms with Gasteiger partial charge < -0.3 is 14.4 Å². The summed E-state index contributed by atoms with van der Waals surface area (Å²) >= 11 is 6.37. The number of furan rings is 1. The van der Waals surface area contributed by atoms with Crippen LogP contribution in [-0.2, 0) is 9.59 Å². The predicted octanol–water partition coefficient (Wildman–Crippen LogP) is 5.10. The van der Waals surface area contributed by atoms with Crippen LogP contribution in [0, 0.1) is 6.92 Å². The van der Waals surface area contributed by atoms with Crippen LogP contribution in [0.4, 0.5) is 0 Å². The standard InChI is InChI=1S/C21H21NO4S2/c1-14-6-5-7-15(12-14)18-10-9-16(26-18)13-17-20(25)28-21(27)22(17)11-4-2-3-8-19(23)24/h5-7,9-10,12-13H,2-4,8,11H2,1H3,(H,23,24). The largest absolute Gasteiger partial charge is 0.481 e. The number of carboxylic acids is 1. The van der Waals surface area contributed by atoms with Crippen molar-refractivity contribution < 1.29 is 19.1 Å². The van der Waals surface area contributed by atoms with E-state index in [1.54, 1.807) is 6.08 Å². The molecule has 28 heavy (non-hydrogen) atoms. The molecule has 1 aliphatic rings. The molecular formula is C21H21NO4S2. The number of hydrogen-bond acceptors (Lipinski definition) is 5. The summed E-state index contributed by atoms with van der Waals surface area (Å²) in [6.45, 7) is 2.62. The predicted molar refractivity (Wildman–Crippen MR) is 115 cm³/mol. The molecule has 2 aromatic rings. The van der Waals surface area contributed by atoms with Crippen LogP contribution in [0.15, 0.2) is 46.5 Å². The topological polar surface area (TPSA) is 70.8 Å². The molecule has 0 atom stereocenters. The summed E-state index contributed by atoms with van der Waals surface area (Å²) in [5, 5.41) is 8.61. The van der Waals surface area contributed by atoms with E-state index in [0.717, 1.165) is 41.5 Å². The van der Waals surface area contributed by atoms with E-state index >= 15 is 0 Å². The third kappa shape index (κ3) is 5.11. The summed E-state index contributed by atoms with van der Waals surface area (Å²) in [6.07, 6.45) is 4.05. The van der Waals surface area contributed by atoms with Crippen molar-refractivity contribution in [2.24, 2.45) is 0 Å². The number of benzene rings is 1. The van der Waals surface area contributed by atoms with Gasteiger partial charge in [-0.05, 0) is 49.7 Å². The zero-order chi connectivity index (χ0) is 20.1. The monoisotopic (exact) mass is 415 g/mol. The molecule has 0 amide bonds. The molecule has 1 aliphatic heterocycles. The van der Waals surface area contributed by atoms with Crippen molar-refractivity contribution >= 4 is 45.5 Å². The van der Waals surface area contributed by atoms with Crippen molar-refractivity contribution in [1.82, 2.24) is 4.90 Å². The number of carboxylic acid groups (broad SMARTS) is 1. The summed E-state index contributed by atoms with van der Waals surface area (Å²) < 4.78 is 6.44. The van der Waals surface area contributed by atoms with Crippen molar-refractivity contribution in [2.75, 3.05) is 6.54 Å². The van der Waals surface area contributed by atoms with Gasteiger partial charge in [0.2, 0.25) is 5.12 Å². The summed E-state index contributed by atoms with van der Waals surface area (Å²) in [7, 11) is 0. The highest BCUT2D eigenvalue weighted by Crippen LogP contribution is 2.32. The summed E-state index contributed by atoms with van der Waals surface area (Å²) in [5.74, 6) is 0.558. The molecule has 1 aromatic heterocycles. The Morgan fingerprint density at radius 1 is 1.25 bits per heavy atom. The van der Waals surface area contributed by atoms with E-state index < -0.39 is 5.97 Å². The van der Waals surface area contributed by atoms with Crippen molar-refractivity contribution in [1.29, 1.82) is 0 Å². The fourth-order valence-electron chi connectivity index (χ4n) is 2.99. The number of nitrogens with zero attached hydrogens (tertiary/aromatic N) is 1. The molecule has 1 aromatic carbocycles. The lowest BCUT2D eigenvalue weighted by Gasteiger charge is -2.17. The van der Waals surface area contributed by atoms with Crippen LogP contribution in [-0.4, -0.2) is 32.0 Å². The molecule has 2 heterocycles. The zero-order valence-corrected chi connectivity index (χ0v) is 17.1. The first-order valence-corrected chi connectivity index (χ1v) is 10.3. The molecule has 3 rings (SSSR count). The Bertz CT molecular complexity index is 932.